The number of rotatable bonds is 4. The first kappa shape index (κ1) is 14.4. The van der Waals surface area contributed by atoms with Gasteiger partial charge in [0.25, 0.3) is 5.91 Å². The maximum absolute atomic E-state index is 11.7. The SMILES string of the molecule is CN(C)C(=O)c1ccc(Oc2cccc(C(=O)O)c2)nn1. The van der Waals surface area contributed by atoms with Gasteiger partial charge in [0.15, 0.2) is 5.69 Å². The van der Waals surface area contributed by atoms with Crippen molar-refractivity contribution in [1.29, 1.82) is 0 Å². The second kappa shape index (κ2) is 6.00. The Morgan fingerprint density at radius 2 is 1.90 bits per heavy atom. The quantitative estimate of drug-likeness (QED) is 0.919. The average molecular weight is 287 g/mol. The molecule has 1 aromatic heterocycles. The van der Waals surface area contributed by atoms with E-state index in [4.69, 9.17) is 9.84 Å². The summed E-state index contributed by atoms with van der Waals surface area (Å²) in [5.74, 6) is -0.802. The minimum Gasteiger partial charge on any atom is -0.478 e. The summed E-state index contributed by atoms with van der Waals surface area (Å²) in [5.41, 5.74) is 0.312. The van der Waals surface area contributed by atoms with E-state index in [0.29, 0.717) is 5.75 Å². The molecule has 0 fully saturated rings. The van der Waals surface area contributed by atoms with Crippen molar-refractivity contribution in [1.82, 2.24) is 15.1 Å². The Labute approximate surface area is 120 Å². The lowest BCUT2D eigenvalue weighted by Crippen LogP contribution is -2.23. The van der Waals surface area contributed by atoms with Crippen molar-refractivity contribution in [3.63, 3.8) is 0 Å². The van der Waals surface area contributed by atoms with Gasteiger partial charge in [-0.1, -0.05) is 6.07 Å². The van der Waals surface area contributed by atoms with Gasteiger partial charge in [0.2, 0.25) is 5.88 Å². The number of aromatic nitrogens is 2. The number of ether oxygens (including phenoxy) is 1. The highest BCUT2D eigenvalue weighted by molar-refractivity contribution is 5.91. The summed E-state index contributed by atoms with van der Waals surface area (Å²) in [6, 6.07) is 8.99. The lowest BCUT2D eigenvalue weighted by atomic mass is 10.2. The van der Waals surface area contributed by atoms with E-state index in [9.17, 15) is 9.59 Å². The molecule has 0 unspecified atom stereocenters. The van der Waals surface area contributed by atoms with Crippen LogP contribution in [0.5, 0.6) is 11.6 Å². The van der Waals surface area contributed by atoms with Gasteiger partial charge in [0, 0.05) is 20.2 Å². The van der Waals surface area contributed by atoms with Crippen LogP contribution >= 0.6 is 0 Å². The summed E-state index contributed by atoms with van der Waals surface area (Å²) < 4.78 is 5.40. The zero-order valence-electron chi connectivity index (χ0n) is 11.5. The molecule has 1 amide bonds. The molecule has 21 heavy (non-hydrogen) atoms. The lowest BCUT2D eigenvalue weighted by molar-refractivity contribution is 0.0696. The molecule has 0 bridgehead atoms. The van der Waals surface area contributed by atoms with E-state index in [1.54, 1.807) is 26.2 Å². The van der Waals surface area contributed by atoms with Gasteiger partial charge in [-0.2, -0.15) is 0 Å². The number of hydrogen-bond donors (Lipinski definition) is 1. The van der Waals surface area contributed by atoms with E-state index in [2.05, 4.69) is 10.2 Å². The number of hydrogen-bond acceptors (Lipinski definition) is 5. The Balaban J connectivity index is 2.15. The number of carbonyl (C=O) groups excluding carboxylic acids is 1. The standard InChI is InChI=1S/C14H13N3O4/c1-17(2)13(18)11-6-7-12(16-15-11)21-10-5-3-4-9(8-10)14(19)20/h3-8H,1-2H3,(H,19,20). The third-order valence-electron chi connectivity index (χ3n) is 2.57. The van der Waals surface area contributed by atoms with Crippen LogP contribution in [0.25, 0.3) is 0 Å². The third kappa shape index (κ3) is 3.53. The topological polar surface area (TPSA) is 92.6 Å². The van der Waals surface area contributed by atoms with E-state index in [1.807, 2.05) is 0 Å². The Hall–Kier alpha value is -2.96. The summed E-state index contributed by atoms with van der Waals surface area (Å²) in [6.45, 7) is 0. The molecule has 0 saturated carbocycles. The zero-order valence-corrected chi connectivity index (χ0v) is 11.5. The molecule has 108 valence electrons. The molecule has 0 spiro atoms. The van der Waals surface area contributed by atoms with Gasteiger partial charge >= 0.3 is 5.97 Å². The van der Waals surface area contributed by atoms with Crippen molar-refractivity contribution in [2.45, 2.75) is 0 Å². The molecule has 0 saturated heterocycles. The molecular formula is C14H13N3O4. The first-order valence-corrected chi connectivity index (χ1v) is 6.04. The highest BCUT2D eigenvalue weighted by Gasteiger charge is 2.11. The number of carboxylic acids is 1. The third-order valence-corrected chi connectivity index (χ3v) is 2.57. The van der Waals surface area contributed by atoms with Gasteiger partial charge in [-0.15, -0.1) is 10.2 Å². The average Bonchev–Trinajstić information content (AvgIpc) is 2.47. The monoisotopic (exact) mass is 287 g/mol. The van der Waals surface area contributed by atoms with E-state index < -0.39 is 5.97 Å². The highest BCUT2D eigenvalue weighted by atomic mass is 16.5. The van der Waals surface area contributed by atoms with E-state index in [0.717, 1.165) is 0 Å². The van der Waals surface area contributed by atoms with Gasteiger partial charge in [0.1, 0.15) is 5.75 Å². The minimum atomic E-state index is -1.04. The molecule has 1 aromatic carbocycles. The summed E-state index contributed by atoms with van der Waals surface area (Å²) in [6.07, 6.45) is 0. The number of carboxylic acid groups (broad SMARTS) is 1. The fourth-order valence-electron chi connectivity index (χ4n) is 1.53. The van der Waals surface area contributed by atoms with Gasteiger partial charge < -0.3 is 14.7 Å². The highest BCUT2D eigenvalue weighted by Crippen LogP contribution is 2.20. The van der Waals surface area contributed by atoms with Gasteiger partial charge in [-0.05, 0) is 24.3 Å². The molecule has 0 radical (unpaired) electrons. The van der Waals surface area contributed by atoms with Crippen molar-refractivity contribution in [2.75, 3.05) is 14.1 Å². The van der Waals surface area contributed by atoms with Crippen molar-refractivity contribution in [3.05, 3.63) is 47.7 Å². The van der Waals surface area contributed by atoms with Crippen LogP contribution in [0.1, 0.15) is 20.8 Å². The fourth-order valence-corrected chi connectivity index (χ4v) is 1.53. The molecule has 1 heterocycles. The Bertz CT molecular complexity index is 668. The van der Waals surface area contributed by atoms with Crippen LogP contribution in [0.15, 0.2) is 36.4 Å². The molecule has 0 atom stereocenters. The zero-order chi connectivity index (χ0) is 15.4. The molecule has 1 N–H and O–H groups in total. The van der Waals surface area contributed by atoms with E-state index in [-0.39, 0.29) is 23.0 Å². The number of aromatic carboxylic acids is 1. The van der Waals surface area contributed by atoms with Crippen molar-refractivity contribution < 1.29 is 19.4 Å². The van der Waals surface area contributed by atoms with Gasteiger partial charge in [-0.3, -0.25) is 4.79 Å². The summed E-state index contributed by atoms with van der Waals surface area (Å²) in [7, 11) is 3.23. The first-order valence-electron chi connectivity index (χ1n) is 6.04. The van der Waals surface area contributed by atoms with Crippen LogP contribution < -0.4 is 4.74 Å². The van der Waals surface area contributed by atoms with Crippen molar-refractivity contribution in [2.24, 2.45) is 0 Å². The predicted molar refractivity (Wildman–Crippen MR) is 73.5 cm³/mol. The second-order valence-corrected chi connectivity index (χ2v) is 4.39. The molecule has 2 aromatic rings. The van der Waals surface area contributed by atoms with Crippen LogP contribution in [0.4, 0.5) is 0 Å². The van der Waals surface area contributed by atoms with Gasteiger partial charge in [-0.25, -0.2) is 4.79 Å². The summed E-state index contributed by atoms with van der Waals surface area (Å²) in [4.78, 5) is 23.9. The number of nitrogens with zero attached hydrogens (tertiary/aromatic N) is 3. The van der Waals surface area contributed by atoms with E-state index >= 15 is 0 Å². The fraction of sp³-hybridized carbons (Fsp3) is 0.143. The molecule has 0 aliphatic heterocycles. The number of carbonyl (C=O) groups is 2. The minimum absolute atomic E-state index is 0.111. The molecule has 7 nitrogen and oxygen atoms in total. The molecule has 2 rings (SSSR count). The van der Waals surface area contributed by atoms with Crippen LogP contribution in [0, 0.1) is 0 Å². The maximum atomic E-state index is 11.7. The number of amides is 1. The van der Waals surface area contributed by atoms with Crippen LogP contribution in [0.2, 0.25) is 0 Å². The normalized spacial score (nSPS) is 10.0. The summed E-state index contributed by atoms with van der Waals surface area (Å²) in [5, 5.41) is 16.5. The molecule has 7 heteroatoms. The van der Waals surface area contributed by atoms with Crippen molar-refractivity contribution in [3.8, 4) is 11.6 Å². The molecular weight excluding hydrogens is 274 g/mol. The van der Waals surface area contributed by atoms with Crippen LogP contribution in [-0.2, 0) is 0 Å². The maximum Gasteiger partial charge on any atom is 0.335 e. The Morgan fingerprint density at radius 3 is 2.48 bits per heavy atom. The largest absolute Gasteiger partial charge is 0.478 e. The lowest BCUT2D eigenvalue weighted by Gasteiger charge is -2.09. The molecule has 0 aliphatic carbocycles. The Morgan fingerprint density at radius 1 is 1.14 bits per heavy atom. The smallest absolute Gasteiger partial charge is 0.335 e. The van der Waals surface area contributed by atoms with Crippen LogP contribution in [-0.4, -0.2) is 46.2 Å². The van der Waals surface area contributed by atoms with Gasteiger partial charge in [0.05, 0.1) is 5.56 Å². The Kier molecular flexibility index (Phi) is 4.13. The first-order chi connectivity index (χ1) is 9.97. The van der Waals surface area contributed by atoms with E-state index in [1.165, 1.54) is 29.2 Å². The van der Waals surface area contributed by atoms with Crippen molar-refractivity contribution >= 4 is 11.9 Å². The number of benzene rings is 1. The van der Waals surface area contributed by atoms with Crippen LogP contribution in [0.3, 0.4) is 0 Å². The second-order valence-electron chi connectivity index (χ2n) is 4.39. The molecule has 0 aliphatic rings. The predicted octanol–water partition coefficient (Wildman–Crippen LogP) is 1.67. The summed E-state index contributed by atoms with van der Waals surface area (Å²) >= 11 is 0.